The molecule has 0 saturated carbocycles. The molecule has 0 bridgehead atoms. The van der Waals surface area contributed by atoms with Crippen molar-refractivity contribution in [2.24, 2.45) is 0 Å². The van der Waals surface area contributed by atoms with Crippen molar-refractivity contribution in [2.75, 3.05) is 7.05 Å². The van der Waals surface area contributed by atoms with Crippen molar-refractivity contribution in [2.45, 2.75) is 52.2 Å². The molecular formula is C15H25NO2. The van der Waals surface area contributed by atoms with E-state index in [-0.39, 0.29) is 11.5 Å². The van der Waals surface area contributed by atoms with E-state index >= 15 is 0 Å². The molecule has 3 heteroatoms. The van der Waals surface area contributed by atoms with Gasteiger partial charge >= 0.3 is 0 Å². The molecule has 1 aromatic rings. The Labute approximate surface area is 110 Å². The van der Waals surface area contributed by atoms with Gasteiger partial charge in [0.25, 0.3) is 0 Å². The minimum Gasteiger partial charge on any atom is -0.507 e. The number of phenolic OH excluding ortho intramolecular Hbond substituents is 1. The third-order valence-corrected chi connectivity index (χ3v) is 3.40. The zero-order valence-corrected chi connectivity index (χ0v) is 12.2. The molecule has 0 aromatic heterocycles. The topological polar surface area (TPSA) is 52.5 Å². The zero-order chi connectivity index (χ0) is 14.1. The number of nitrogens with one attached hydrogen (secondary N) is 1. The average Bonchev–Trinajstić information content (AvgIpc) is 2.28. The lowest BCUT2D eigenvalue weighted by molar-refractivity contribution is 0.140. The minimum atomic E-state index is -0.574. The fourth-order valence-corrected chi connectivity index (χ4v) is 2.00. The second-order valence-electron chi connectivity index (χ2n) is 6.01. The van der Waals surface area contributed by atoms with E-state index in [0.717, 1.165) is 16.7 Å². The van der Waals surface area contributed by atoms with Crippen molar-refractivity contribution in [1.29, 1.82) is 0 Å². The van der Waals surface area contributed by atoms with Crippen molar-refractivity contribution in [3.63, 3.8) is 0 Å². The van der Waals surface area contributed by atoms with Crippen molar-refractivity contribution >= 4 is 0 Å². The van der Waals surface area contributed by atoms with Crippen molar-refractivity contribution in [3.8, 4) is 5.75 Å². The SMILES string of the molecule is CNC(C)C(O)c1cc(C)c(O)c(C(C)(C)C)c1. The molecule has 0 aliphatic carbocycles. The normalized spacial score (nSPS) is 15.5. The number of benzene rings is 1. The second-order valence-corrected chi connectivity index (χ2v) is 6.01. The Balaban J connectivity index is 3.29. The van der Waals surface area contributed by atoms with Crippen LogP contribution in [0.5, 0.6) is 5.75 Å². The number of aromatic hydroxyl groups is 1. The third kappa shape index (κ3) is 3.03. The number of aliphatic hydroxyl groups excluding tert-OH is 1. The Bertz CT molecular complexity index is 421. The fraction of sp³-hybridized carbons (Fsp3) is 0.600. The molecule has 2 atom stereocenters. The molecule has 0 aliphatic rings. The molecule has 0 amide bonds. The summed E-state index contributed by atoms with van der Waals surface area (Å²) in [7, 11) is 1.83. The van der Waals surface area contributed by atoms with Crippen LogP contribution >= 0.6 is 0 Å². The lowest BCUT2D eigenvalue weighted by atomic mass is 9.83. The molecule has 0 fully saturated rings. The van der Waals surface area contributed by atoms with E-state index in [2.05, 4.69) is 26.1 Å². The van der Waals surface area contributed by atoms with Gasteiger partial charge in [0.05, 0.1) is 6.10 Å². The summed E-state index contributed by atoms with van der Waals surface area (Å²) in [4.78, 5) is 0. The van der Waals surface area contributed by atoms with Crippen molar-refractivity contribution in [3.05, 3.63) is 28.8 Å². The van der Waals surface area contributed by atoms with E-state index in [4.69, 9.17) is 0 Å². The van der Waals surface area contributed by atoms with E-state index in [1.807, 2.05) is 33.0 Å². The maximum Gasteiger partial charge on any atom is 0.122 e. The number of hydrogen-bond donors (Lipinski definition) is 3. The van der Waals surface area contributed by atoms with Gasteiger partial charge in [-0.1, -0.05) is 20.8 Å². The van der Waals surface area contributed by atoms with Crippen LogP contribution in [-0.4, -0.2) is 23.3 Å². The number of phenols is 1. The summed E-state index contributed by atoms with van der Waals surface area (Å²) in [5.41, 5.74) is 2.38. The van der Waals surface area contributed by atoms with E-state index in [1.165, 1.54) is 0 Å². The Morgan fingerprint density at radius 3 is 2.22 bits per heavy atom. The first kappa shape index (κ1) is 15.0. The van der Waals surface area contributed by atoms with Gasteiger partial charge in [0.15, 0.2) is 0 Å². The highest BCUT2D eigenvalue weighted by Gasteiger charge is 2.23. The Morgan fingerprint density at radius 1 is 1.22 bits per heavy atom. The summed E-state index contributed by atoms with van der Waals surface area (Å²) < 4.78 is 0. The van der Waals surface area contributed by atoms with E-state index in [9.17, 15) is 10.2 Å². The second kappa shape index (κ2) is 5.29. The zero-order valence-electron chi connectivity index (χ0n) is 12.2. The van der Waals surface area contributed by atoms with Crippen molar-refractivity contribution < 1.29 is 10.2 Å². The summed E-state index contributed by atoms with van der Waals surface area (Å²) in [6.07, 6.45) is -0.574. The number of likely N-dealkylation sites (N-methyl/N-ethyl adjacent to an activating group) is 1. The molecule has 1 aromatic carbocycles. The van der Waals surface area contributed by atoms with Crippen LogP contribution < -0.4 is 5.32 Å². The molecule has 3 N–H and O–H groups in total. The van der Waals surface area contributed by atoms with Gasteiger partial charge in [-0.15, -0.1) is 0 Å². The molecule has 102 valence electrons. The molecule has 18 heavy (non-hydrogen) atoms. The first-order valence-electron chi connectivity index (χ1n) is 6.37. The predicted octanol–water partition coefficient (Wildman–Crippen LogP) is 2.64. The van der Waals surface area contributed by atoms with Gasteiger partial charge in [0, 0.05) is 6.04 Å². The predicted molar refractivity (Wildman–Crippen MR) is 75.0 cm³/mol. The van der Waals surface area contributed by atoms with Crippen LogP contribution in [0.3, 0.4) is 0 Å². The van der Waals surface area contributed by atoms with Gasteiger partial charge in [-0.2, -0.15) is 0 Å². The lowest BCUT2D eigenvalue weighted by Crippen LogP contribution is -2.29. The Hall–Kier alpha value is -1.06. The molecule has 0 spiro atoms. The van der Waals surface area contributed by atoms with Gasteiger partial charge in [0.2, 0.25) is 0 Å². The highest BCUT2D eigenvalue weighted by atomic mass is 16.3. The van der Waals surface area contributed by atoms with Gasteiger partial charge in [0.1, 0.15) is 5.75 Å². The first-order chi connectivity index (χ1) is 8.18. The molecule has 0 heterocycles. The lowest BCUT2D eigenvalue weighted by Gasteiger charge is -2.25. The monoisotopic (exact) mass is 251 g/mol. The number of rotatable bonds is 3. The Morgan fingerprint density at radius 2 is 1.78 bits per heavy atom. The van der Waals surface area contributed by atoms with E-state index < -0.39 is 6.10 Å². The maximum absolute atomic E-state index is 10.3. The van der Waals surface area contributed by atoms with Crippen LogP contribution in [0.25, 0.3) is 0 Å². The molecule has 0 aliphatic heterocycles. The van der Waals surface area contributed by atoms with Crippen LogP contribution in [0.15, 0.2) is 12.1 Å². The summed E-state index contributed by atoms with van der Waals surface area (Å²) in [6.45, 7) is 9.96. The summed E-state index contributed by atoms with van der Waals surface area (Å²) in [5, 5.41) is 23.4. The largest absolute Gasteiger partial charge is 0.507 e. The number of aryl methyl sites for hydroxylation is 1. The standard InChI is InChI=1S/C15H25NO2/c1-9-7-11(14(18)10(2)16-6)8-12(13(9)17)15(3,4)5/h7-8,10,14,16-18H,1-6H3. The molecule has 0 saturated heterocycles. The van der Waals surface area contributed by atoms with E-state index in [1.54, 1.807) is 0 Å². The number of hydrogen-bond acceptors (Lipinski definition) is 3. The minimum absolute atomic E-state index is 0.0261. The summed E-state index contributed by atoms with van der Waals surface area (Å²) in [6, 6.07) is 3.73. The summed E-state index contributed by atoms with van der Waals surface area (Å²) in [5.74, 6) is 0.329. The molecule has 0 radical (unpaired) electrons. The van der Waals surface area contributed by atoms with Crippen LogP contribution in [0.1, 0.15) is 50.5 Å². The van der Waals surface area contributed by atoms with Gasteiger partial charge in [-0.3, -0.25) is 0 Å². The summed E-state index contributed by atoms with van der Waals surface area (Å²) >= 11 is 0. The van der Waals surface area contributed by atoms with Crippen LogP contribution in [0.2, 0.25) is 0 Å². The highest BCUT2D eigenvalue weighted by molar-refractivity contribution is 5.47. The third-order valence-electron chi connectivity index (χ3n) is 3.40. The van der Waals surface area contributed by atoms with Crippen LogP contribution in [0.4, 0.5) is 0 Å². The molecule has 1 rings (SSSR count). The quantitative estimate of drug-likeness (QED) is 0.774. The molecule has 2 unspecified atom stereocenters. The highest BCUT2D eigenvalue weighted by Crippen LogP contribution is 2.35. The number of aliphatic hydroxyl groups is 1. The first-order valence-corrected chi connectivity index (χ1v) is 6.37. The fourth-order valence-electron chi connectivity index (χ4n) is 2.00. The average molecular weight is 251 g/mol. The Kier molecular flexibility index (Phi) is 4.41. The van der Waals surface area contributed by atoms with Gasteiger partial charge < -0.3 is 15.5 Å². The van der Waals surface area contributed by atoms with Crippen molar-refractivity contribution in [1.82, 2.24) is 5.32 Å². The smallest absolute Gasteiger partial charge is 0.122 e. The van der Waals surface area contributed by atoms with Gasteiger partial charge in [-0.25, -0.2) is 0 Å². The molecule has 3 nitrogen and oxygen atoms in total. The molecular weight excluding hydrogens is 226 g/mol. The van der Waals surface area contributed by atoms with Crippen LogP contribution in [0, 0.1) is 6.92 Å². The van der Waals surface area contributed by atoms with Gasteiger partial charge in [-0.05, 0) is 55.1 Å². The van der Waals surface area contributed by atoms with Crippen LogP contribution in [-0.2, 0) is 5.41 Å². The maximum atomic E-state index is 10.3. The van der Waals surface area contributed by atoms with E-state index in [0.29, 0.717) is 5.75 Å².